The summed E-state index contributed by atoms with van der Waals surface area (Å²) in [5.41, 5.74) is 1.33. The van der Waals surface area contributed by atoms with Gasteiger partial charge in [-0.25, -0.2) is 4.98 Å². The lowest BCUT2D eigenvalue weighted by Gasteiger charge is -2.38. The largest absolute Gasteiger partial charge is 0.335 e. The molecule has 1 atom stereocenters. The molecule has 1 unspecified atom stereocenters. The summed E-state index contributed by atoms with van der Waals surface area (Å²) in [5, 5.41) is 0. The van der Waals surface area contributed by atoms with Gasteiger partial charge in [0.2, 0.25) is 0 Å². The zero-order valence-corrected chi connectivity index (χ0v) is 12.4. The van der Waals surface area contributed by atoms with E-state index in [-0.39, 0.29) is 0 Å². The standard InChI is InChI=1S/C16H27N3/c1-13(2)19-10-6-3-7-15(19)11-14-12-18-9-5-4-8-16(18)17-14/h12-13,15H,3-11H2,1-2H3. The Morgan fingerprint density at radius 3 is 2.84 bits per heavy atom. The third-order valence-corrected chi connectivity index (χ3v) is 4.74. The summed E-state index contributed by atoms with van der Waals surface area (Å²) < 4.78 is 2.39. The fourth-order valence-electron chi connectivity index (χ4n) is 3.73. The Hall–Kier alpha value is -0.830. The molecule has 1 saturated heterocycles. The average Bonchev–Trinajstić information content (AvgIpc) is 2.81. The lowest BCUT2D eigenvalue weighted by atomic mass is 9.97. The number of hydrogen-bond acceptors (Lipinski definition) is 2. The molecular formula is C16H27N3. The van der Waals surface area contributed by atoms with Crippen LogP contribution in [0.15, 0.2) is 6.20 Å². The van der Waals surface area contributed by atoms with E-state index < -0.39 is 0 Å². The van der Waals surface area contributed by atoms with Crippen molar-refractivity contribution in [1.29, 1.82) is 0 Å². The summed E-state index contributed by atoms with van der Waals surface area (Å²) in [4.78, 5) is 7.56. The monoisotopic (exact) mass is 261 g/mol. The van der Waals surface area contributed by atoms with Gasteiger partial charge in [0.1, 0.15) is 5.82 Å². The van der Waals surface area contributed by atoms with E-state index in [1.165, 1.54) is 63.1 Å². The molecule has 2 aliphatic heterocycles. The van der Waals surface area contributed by atoms with Crippen molar-refractivity contribution < 1.29 is 0 Å². The molecule has 0 N–H and O–H groups in total. The molecule has 2 aliphatic rings. The van der Waals surface area contributed by atoms with Crippen molar-refractivity contribution >= 4 is 0 Å². The topological polar surface area (TPSA) is 21.1 Å². The number of aromatic nitrogens is 2. The second-order valence-electron chi connectivity index (χ2n) is 6.48. The quantitative estimate of drug-likeness (QED) is 0.834. The Balaban J connectivity index is 1.70. The summed E-state index contributed by atoms with van der Waals surface area (Å²) in [6.07, 6.45) is 11.4. The first-order valence-corrected chi connectivity index (χ1v) is 8.04. The van der Waals surface area contributed by atoms with Crippen LogP contribution in [-0.4, -0.2) is 33.1 Å². The van der Waals surface area contributed by atoms with Crippen molar-refractivity contribution in [2.75, 3.05) is 6.54 Å². The molecule has 0 aromatic carbocycles. The van der Waals surface area contributed by atoms with Crippen molar-refractivity contribution in [3.63, 3.8) is 0 Å². The third kappa shape index (κ3) is 2.86. The number of hydrogen-bond donors (Lipinski definition) is 0. The summed E-state index contributed by atoms with van der Waals surface area (Å²) in [6.45, 7) is 7.11. The van der Waals surface area contributed by atoms with Gasteiger partial charge in [-0.3, -0.25) is 4.90 Å². The van der Waals surface area contributed by atoms with E-state index in [2.05, 4.69) is 29.5 Å². The van der Waals surface area contributed by atoms with Gasteiger partial charge in [0.25, 0.3) is 0 Å². The lowest BCUT2D eigenvalue weighted by molar-refractivity contribution is 0.111. The molecule has 19 heavy (non-hydrogen) atoms. The second kappa shape index (κ2) is 5.66. The predicted molar refractivity (Wildman–Crippen MR) is 78.4 cm³/mol. The Bertz CT molecular complexity index is 398. The van der Waals surface area contributed by atoms with Gasteiger partial charge < -0.3 is 4.57 Å². The first-order chi connectivity index (χ1) is 9.24. The van der Waals surface area contributed by atoms with Gasteiger partial charge in [0.05, 0.1) is 5.69 Å². The predicted octanol–water partition coefficient (Wildman–Crippen LogP) is 3.02. The Morgan fingerprint density at radius 2 is 2.05 bits per heavy atom. The molecule has 1 aromatic rings. The minimum atomic E-state index is 0.669. The molecule has 0 aliphatic carbocycles. The van der Waals surface area contributed by atoms with Crippen LogP contribution in [0, 0.1) is 0 Å². The van der Waals surface area contributed by atoms with Gasteiger partial charge in [-0.05, 0) is 46.1 Å². The van der Waals surface area contributed by atoms with E-state index in [0.29, 0.717) is 12.1 Å². The van der Waals surface area contributed by atoms with Crippen LogP contribution in [0.5, 0.6) is 0 Å². The van der Waals surface area contributed by atoms with Crippen LogP contribution in [0.1, 0.15) is 57.5 Å². The third-order valence-electron chi connectivity index (χ3n) is 4.74. The van der Waals surface area contributed by atoms with Crippen molar-refractivity contribution in [1.82, 2.24) is 14.5 Å². The van der Waals surface area contributed by atoms with Gasteiger partial charge in [-0.2, -0.15) is 0 Å². The van der Waals surface area contributed by atoms with Crippen molar-refractivity contribution in [2.45, 2.75) is 77.4 Å². The maximum atomic E-state index is 4.87. The van der Waals surface area contributed by atoms with Crippen LogP contribution in [0.4, 0.5) is 0 Å². The van der Waals surface area contributed by atoms with E-state index in [1.54, 1.807) is 0 Å². The summed E-state index contributed by atoms with van der Waals surface area (Å²) in [7, 11) is 0. The number of rotatable bonds is 3. The smallest absolute Gasteiger partial charge is 0.108 e. The van der Waals surface area contributed by atoms with Crippen LogP contribution in [0.2, 0.25) is 0 Å². The van der Waals surface area contributed by atoms with E-state index in [4.69, 9.17) is 4.98 Å². The van der Waals surface area contributed by atoms with Crippen LogP contribution in [0.3, 0.4) is 0 Å². The van der Waals surface area contributed by atoms with Gasteiger partial charge in [0.15, 0.2) is 0 Å². The number of likely N-dealkylation sites (tertiary alicyclic amines) is 1. The summed E-state index contributed by atoms with van der Waals surface area (Å²) in [5.74, 6) is 1.33. The highest BCUT2D eigenvalue weighted by atomic mass is 15.2. The lowest BCUT2D eigenvalue weighted by Crippen LogP contribution is -2.45. The maximum absolute atomic E-state index is 4.87. The van der Waals surface area contributed by atoms with E-state index in [0.717, 1.165) is 6.42 Å². The number of imidazole rings is 1. The molecule has 0 radical (unpaired) electrons. The van der Waals surface area contributed by atoms with Crippen LogP contribution in [-0.2, 0) is 19.4 Å². The van der Waals surface area contributed by atoms with Crippen LogP contribution >= 0.6 is 0 Å². The zero-order chi connectivity index (χ0) is 13.2. The molecule has 3 rings (SSSR count). The van der Waals surface area contributed by atoms with Crippen molar-refractivity contribution in [3.05, 3.63) is 17.7 Å². The number of aryl methyl sites for hydroxylation is 2. The number of piperidine rings is 1. The molecule has 106 valence electrons. The van der Waals surface area contributed by atoms with E-state index in [9.17, 15) is 0 Å². The maximum Gasteiger partial charge on any atom is 0.108 e. The number of fused-ring (bicyclic) bond motifs is 1. The SMILES string of the molecule is CC(C)N1CCCCC1Cc1cn2c(n1)CCCC2. The molecule has 3 nitrogen and oxygen atoms in total. The normalized spacial score (nSPS) is 24.7. The highest BCUT2D eigenvalue weighted by Crippen LogP contribution is 2.23. The molecule has 3 heteroatoms. The van der Waals surface area contributed by atoms with E-state index >= 15 is 0 Å². The molecule has 0 bridgehead atoms. The first kappa shape index (κ1) is 13.2. The van der Waals surface area contributed by atoms with Crippen LogP contribution < -0.4 is 0 Å². The van der Waals surface area contributed by atoms with Gasteiger partial charge in [-0.1, -0.05) is 6.42 Å². The second-order valence-corrected chi connectivity index (χ2v) is 6.48. The molecule has 0 saturated carbocycles. The molecular weight excluding hydrogens is 234 g/mol. The zero-order valence-electron chi connectivity index (χ0n) is 12.4. The fourth-order valence-corrected chi connectivity index (χ4v) is 3.73. The Kier molecular flexibility index (Phi) is 3.92. The van der Waals surface area contributed by atoms with Gasteiger partial charge >= 0.3 is 0 Å². The average molecular weight is 261 g/mol. The number of nitrogens with zero attached hydrogens (tertiary/aromatic N) is 3. The Labute approximate surface area is 117 Å². The first-order valence-electron chi connectivity index (χ1n) is 8.04. The van der Waals surface area contributed by atoms with Gasteiger partial charge in [0, 0.05) is 37.7 Å². The molecule has 0 spiro atoms. The van der Waals surface area contributed by atoms with E-state index in [1.807, 2.05) is 0 Å². The highest BCUT2D eigenvalue weighted by Gasteiger charge is 2.25. The van der Waals surface area contributed by atoms with Crippen molar-refractivity contribution in [2.24, 2.45) is 0 Å². The molecule has 1 fully saturated rings. The fraction of sp³-hybridized carbons (Fsp3) is 0.812. The molecule has 0 amide bonds. The van der Waals surface area contributed by atoms with Crippen LogP contribution in [0.25, 0.3) is 0 Å². The van der Waals surface area contributed by atoms with Gasteiger partial charge in [-0.15, -0.1) is 0 Å². The van der Waals surface area contributed by atoms with Crippen molar-refractivity contribution in [3.8, 4) is 0 Å². The minimum Gasteiger partial charge on any atom is -0.335 e. The summed E-state index contributed by atoms with van der Waals surface area (Å²) >= 11 is 0. The molecule has 3 heterocycles. The molecule has 1 aromatic heterocycles. The minimum absolute atomic E-state index is 0.669. The summed E-state index contributed by atoms with van der Waals surface area (Å²) in [6, 6.07) is 1.38. The Morgan fingerprint density at radius 1 is 1.21 bits per heavy atom. The highest BCUT2D eigenvalue weighted by molar-refractivity contribution is 5.08.